The van der Waals surface area contributed by atoms with E-state index < -0.39 is 11.7 Å². The highest BCUT2D eigenvalue weighted by molar-refractivity contribution is 5.83. The van der Waals surface area contributed by atoms with E-state index >= 15 is 0 Å². The SMILES string of the molecule is CC(C)(C)OC(=O)NCCOc1ccc(-c2ccccc2)cc1C=O. The molecule has 1 N–H and O–H groups in total. The first-order valence-electron chi connectivity index (χ1n) is 8.13. The van der Waals surface area contributed by atoms with E-state index in [1.807, 2.05) is 36.4 Å². The average Bonchev–Trinajstić information content (AvgIpc) is 2.58. The van der Waals surface area contributed by atoms with Crippen LogP contribution in [0, 0.1) is 0 Å². The number of hydrogen-bond acceptors (Lipinski definition) is 4. The second-order valence-corrected chi connectivity index (χ2v) is 6.51. The lowest BCUT2D eigenvalue weighted by Gasteiger charge is -2.19. The lowest BCUT2D eigenvalue weighted by atomic mass is 10.0. The molecule has 0 aliphatic rings. The normalized spacial score (nSPS) is 10.8. The summed E-state index contributed by atoms with van der Waals surface area (Å²) in [6, 6.07) is 15.3. The van der Waals surface area contributed by atoms with Gasteiger partial charge in [-0.25, -0.2) is 4.79 Å². The number of alkyl carbamates (subject to hydrolysis) is 1. The zero-order valence-corrected chi connectivity index (χ0v) is 14.7. The standard InChI is InChI=1S/C20H23NO4/c1-20(2,3)25-19(23)21-11-12-24-18-10-9-16(13-17(18)14-22)15-7-5-4-6-8-15/h4-10,13-14H,11-12H2,1-3H3,(H,21,23). The molecule has 0 atom stereocenters. The number of nitrogens with one attached hydrogen (secondary N) is 1. The van der Waals surface area contributed by atoms with Crippen LogP contribution in [0.1, 0.15) is 31.1 Å². The Hall–Kier alpha value is -2.82. The molecule has 25 heavy (non-hydrogen) atoms. The maximum atomic E-state index is 11.5. The third-order valence-electron chi connectivity index (χ3n) is 3.27. The van der Waals surface area contributed by atoms with Crippen LogP contribution in [0.25, 0.3) is 11.1 Å². The fourth-order valence-corrected chi connectivity index (χ4v) is 2.21. The first-order chi connectivity index (χ1) is 11.9. The molecule has 0 aliphatic carbocycles. The number of aldehydes is 1. The first kappa shape index (κ1) is 18.5. The second kappa shape index (κ2) is 8.33. The average molecular weight is 341 g/mol. The lowest BCUT2D eigenvalue weighted by Crippen LogP contribution is -2.34. The minimum absolute atomic E-state index is 0.241. The maximum Gasteiger partial charge on any atom is 0.407 e. The molecule has 0 spiro atoms. The summed E-state index contributed by atoms with van der Waals surface area (Å²) in [5.74, 6) is 0.487. The summed E-state index contributed by atoms with van der Waals surface area (Å²) >= 11 is 0. The van der Waals surface area contributed by atoms with Gasteiger partial charge in [-0.15, -0.1) is 0 Å². The molecule has 5 nitrogen and oxygen atoms in total. The topological polar surface area (TPSA) is 64.6 Å². The van der Waals surface area contributed by atoms with Crippen LogP contribution in [0.2, 0.25) is 0 Å². The molecule has 0 heterocycles. The van der Waals surface area contributed by atoms with Crippen LogP contribution in [0.4, 0.5) is 4.79 Å². The fraction of sp³-hybridized carbons (Fsp3) is 0.300. The van der Waals surface area contributed by atoms with E-state index in [-0.39, 0.29) is 13.2 Å². The Bertz CT molecular complexity index is 720. The molecule has 1 amide bonds. The molecular formula is C20H23NO4. The van der Waals surface area contributed by atoms with Gasteiger partial charge in [0.25, 0.3) is 0 Å². The van der Waals surface area contributed by atoms with Crippen molar-refractivity contribution in [3.05, 3.63) is 54.1 Å². The Labute approximate surface area is 148 Å². The van der Waals surface area contributed by atoms with Gasteiger partial charge in [0.1, 0.15) is 18.0 Å². The van der Waals surface area contributed by atoms with E-state index in [1.165, 1.54) is 0 Å². The summed E-state index contributed by atoms with van der Waals surface area (Å²) in [6.07, 6.45) is 0.273. The quantitative estimate of drug-likeness (QED) is 0.635. The molecule has 132 valence electrons. The molecule has 0 aliphatic heterocycles. The number of hydrogen-bond donors (Lipinski definition) is 1. The van der Waals surface area contributed by atoms with Crippen molar-refractivity contribution in [2.45, 2.75) is 26.4 Å². The van der Waals surface area contributed by atoms with E-state index in [9.17, 15) is 9.59 Å². The van der Waals surface area contributed by atoms with Crippen LogP contribution in [0.5, 0.6) is 5.75 Å². The number of carbonyl (C=O) groups is 2. The minimum Gasteiger partial charge on any atom is -0.491 e. The number of amides is 1. The zero-order valence-electron chi connectivity index (χ0n) is 14.7. The molecule has 5 heteroatoms. The molecule has 0 radical (unpaired) electrons. The van der Waals surface area contributed by atoms with Gasteiger partial charge in [-0.2, -0.15) is 0 Å². The maximum absolute atomic E-state index is 11.5. The molecule has 2 aromatic carbocycles. The van der Waals surface area contributed by atoms with Crippen molar-refractivity contribution in [2.75, 3.05) is 13.2 Å². The number of carbonyl (C=O) groups excluding carboxylic acids is 2. The van der Waals surface area contributed by atoms with E-state index in [0.717, 1.165) is 17.4 Å². The van der Waals surface area contributed by atoms with Crippen LogP contribution in [0.3, 0.4) is 0 Å². The van der Waals surface area contributed by atoms with Crippen molar-refractivity contribution in [1.29, 1.82) is 0 Å². The van der Waals surface area contributed by atoms with Gasteiger partial charge in [-0.05, 0) is 44.0 Å². The van der Waals surface area contributed by atoms with Crippen molar-refractivity contribution in [3.63, 3.8) is 0 Å². The molecule has 0 fully saturated rings. The first-order valence-corrected chi connectivity index (χ1v) is 8.13. The highest BCUT2D eigenvalue weighted by atomic mass is 16.6. The van der Waals surface area contributed by atoms with Gasteiger partial charge in [0, 0.05) is 0 Å². The van der Waals surface area contributed by atoms with Gasteiger partial charge in [-0.3, -0.25) is 4.79 Å². The number of ether oxygens (including phenoxy) is 2. The summed E-state index contributed by atoms with van der Waals surface area (Å²) in [5, 5.41) is 2.61. The zero-order chi connectivity index (χ0) is 18.3. The summed E-state index contributed by atoms with van der Waals surface area (Å²) < 4.78 is 10.7. The third-order valence-corrected chi connectivity index (χ3v) is 3.27. The molecule has 0 saturated carbocycles. The van der Waals surface area contributed by atoms with Crippen LogP contribution in [-0.4, -0.2) is 31.1 Å². The predicted octanol–water partition coefficient (Wildman–Crippen LogP) is 4.07. The second-order valence-electron chi connectivity index (χ2n) is 6.51. The van der Waals surface area contributed by atoms with Crippen molar-refractivity contribution in [1.82, 2.24) is 5.32 Å². The van der Waals surface area contributed by atoms with Gasteiger partial charge >= 0.3 is 6.09 Å². The Morgan fingerprint density at radius 1 is 1.08 bits per heavy atom. The highest BCUT2D eigenvalue weighted by Gasteiger charge is 2.15. The van der Waals surface area contributed by atoms with Crippen molar-refractivity contribution in [2.24, 2.45) is 0 Å². The predicted molar refractivity (Wildman–Crippen MR) is 97.0 cm³/mol. The fourth-order valence-electron chi connectivity index (χ4n) is 2.21. The van der Waals surface area contributed by atoms with Crippen LogP contribution in [0.15, 0.2) is 48.5 Å². The molecule has 0 unspecified atom stereocenters. The van der Waals surface area contributed by atoms with Gasteiger partial charge in [0.2, 0.25) is 0 Å². The smallest absolute Gasteiger partial charge is 0.407 e. The Morgan fingerprint density at radius 3 is 2.44 bits per heavy atom. The van der Waals surface area contributed by atoms with E-state index in [0.29, 0.717) is 11.3 Å². The van der Waals surface area contributed by atoms with Gasteiger partial charge in [0.05, 0.1) is 12.1 Å². The largest absolute Gasteiger partial charge is 0.491 e. The minimum atomic E-state index is -0.539. The van der Waals surface area contributed by atoms with Gasteiger partial charge in [0.15, 0.2) is 6.29 Å². The van der Waals surface area contributed by atoms with E-state index in [1.54, 1.807) is 32.9 Å². The molecular weight excluding hydrogens is 318 g/mol. The van der Waals surface area contributed by atoms with Crippen LogP contribution >= 0.6 is 0 Å². The summed E-state index contributed by atoms with van der Waals surface area (Å²) in [7, 11) is 0. The highest BCUT2D eigenvalue weighted by Crippen LogP contribution is 2.25. The monoisotopic (exact) mass is 341 g/mol. The van der Waals surface area contributed by atoms with Gasteiger partial charge in [-0.1, -0.05) is 36.4 Å². The Balaban J connectivity index is 1.92. The molecule has 0 saturated heterocycles. The summed E-state index contributed by atoms with van der Waals surface area (Å²) in [5.41, 5.74) is 1.91. The van der Waals surface area contributed by atoms with Crippen molar-refractivity contribution < 1.29 is 19.1 Å². The molecule has 2 aromatic rings. The third kappa shape index (κ3) is 5.95. The van der Waals surface area contributed by atoms with Crippen LogP contribution < -0.4 is 10.1 Å². The van der Waals surface area contributed by atoms with E-state index in [4.69, 9.17) is 9.47 Å². The van der Waals surface area contributed by atoms with Crippen molar-refractivity contribution >= 4 is 12.4 Å². The summed E-state index contributed by atoms with van der Waals surface area (Å²) in [4.78, 5) is 22.9. The molecule has 2 rings (SSSR count). The Morgan fingerprint density at radius 2 is 1.80 bits per heavy atom. The van der Waals surface area contributed by atoms with Gasteiger partial charge < -0.3 is 14.8 Å². The molecule has 0 bridgehead atoms. The number of benzene rings is 2. The summed E-state index contributed by atoms with van der Waals surface area (Å²) in [6.45, 7) is 5.92. The lowest BCUT2D eigenvalue weighted by molar-refractivity contribution is 0.0520. The van der Waals surface area contributed by atoms with E-state index in [2.05, 4.69) is 5.32 Å². The van der Waals surface area contributed by atoms with Crippen molar-refractivity contribution in [3.8, 4) is 16.9 Å². The van der Waals surface area contributed by atoms with Crippen LogP contribution in [-0.2, 0) is 4.74 Å². The number of rotatable bonds is 6. The Kier molecular flexibility index (Phi) is 6.17. The molecule has 0 aromatic heterocycles.